The minimum absolute atomic E-state index is 4.07. The summed E-state index contributed by atoms with van der Waals surface area (Å²) in [6.45, 7) is -4.07. The number of halogens is 15. The van der Waals surface area contributed by atoms with E-state index in [0.717, 1.165) is 0 Å². The average Bonchev–Trinajstić information content (AvgIpc) is 2.48. The highest BCUT2D eigenvalue weighted by molar-refractivity contribution is 5.43. The first-order chi connectivity index (χ1) is 11.1. The van der Waals surface area contributed by atoms with Crippen LogP contribution < -0.4 is 0 Å². The highest BCUT2D eigenvalue weighted by atomic mass is 19.4. The smallest absolute Gasteiger partial charge is 0.373 e. The third-order valence-corrected chi connectivity index (χ3v) is 4.63. The maximum atomic E-state index is 14.1. The van der Waals surface area contributed by atoms with Gasteiger partial charge in [0, 0.05) is 0 Å². The van der Waals surface area contributed by atoms with Crippen molar-refractivity contribution in [1.82, 2.24) is 0 Å². The fourth-order valence-corrected chi connectivity index (χ4v) is 3.00. The summed E-state index contributed by atoms with van der Waals surface area (Å²) >= 11 is 0. The van der Waals surface area contributed by atoms with Gasteiger partial charge in [0.05, 0.1) is 0 Å². The summed E-state index contributed by atoms with van der Waals surface area (Å²) in [4.78, 5) is 0. The summed E-state index contributed by atoms with van der Waals surface area (Å²) in [5, 5.41) is 8.87. The van der Waals surface area contributed by atoms with E-state index in [1.807, 2.05) is 0 Å². The van der Waals surface area contributed by atoms with Crippen molar-refractivity contribution in [2.24, 2.45) is 0 Å². The third kappa shape index (κ3) is 1.30. The van der Waals surface area contributed by atoms with Crippen LogP contribution in [0.15, 0.2) is 0 Å². The van der Waals surface area contributed by atoms with Gasteiger partial charge in [0.1, 0.15) is 6.67 Å². The predicted octanol–water partition coefficient (Wildman–Crippen LogP) is 3.94. The molecule has 154 valence electrons. The normalized spacial score (nSPS) is 46.6. The molecule has 0 saturated heterocycles. The Morgan fingerprint density at radius 3 is 1.19 bits per heavy atom. The molecule has 0 aromatic carbocycles. The zero-order valence-corrected chi connectivity index (χ0v) is 11.3. The molecule has 2 saturated carbocycles. The van der Waals surface area contributed by atoms with Gasteiger partial charge in [0.2, 0.25) is 0 Å². The number of hydrogen-bond donors (Lipinski definition) is 1. The van der Waals surface area contributed by atoms with E-state index in [4.69, 9.17) is 5.11 Å². The summed E-state index contributed by atoms with van der Waals surface area (Å²) in [6, 6.07) is 0. The van der Waals surface area contributed by atoms with Gasteiger partial charge in [-0.1, -0.05) is 0 Å². The summed E-state index contributed by atoms with van der Waals surface area (Å²) in [5.41, 5.74) is -22.3. The van der Waals surface area contributed by atoms with Crippen LogP contribution >= 0.6 is 0 Å². The standard InChI is InChI=1S/C10H3F15O/c11-1-2(12)5(14,15)3(13)7(18,19)4(26,6(2,16)17)9(22,23)10(24,25)8(3,20)21/h26H,1H2. The molecule has 0 aromatic rings. The lowest BCUT2D eigenvalue weighted by molar-refractivity contribution is -0.562. The van der Waals surface area contributed by atoms with Gasteiger partial charge in [-0.3, -0.25) is 0 Å². The molecule has 2 aliphatic carbocycles. The number of aliphatic hydroxyl groups is 1. The van der Waals surface area contributed by atoms with Gasteiger partial charge in [-0.2, -0.15) is 52.7 Å². The zero-order valence-electron chi connectivity index (χ0n) is 11.3. The summed E-state index contributed by atoms with van der Waals surface area (Å²) < 4.78 is 203. The number of hydrogen-bond acceptors (Lipinski definition) is 1. The molecular weight excluding hydrogens is 421 g/mol. The molecule has 16 heteroatoms. The Bertz CT molecular complexity index is 594. The van der Waals surface area contributed by atoms with Crippen molar-refractivity contribution < 1.29 is 71.0 Å². The lowest BCUT2D eigenvalue weighted by Gasteiger charge is -2.65. The van der Waals surface area contributed by atoms with E-state index >= 15 is 0 Å². The Balaban J connectivity index is 3.20. The van der Waals surface area contributed by atoms with Gasteiger partial charge >= 0.3 is 41.2 Å². The van der Waals surface area contributed by atoms with E-state index in [0.29, 0.717) is 0 Å². The molecule has 2 fully saturated rings. The van der Waals surface area contributed by atoms with Gasteiger partial charge in [0.15, 0.2) is 0 Å². The van der Waals surface area contributed by atoms with Gasteiger partial charge < -0.3 is 5.11 Å². The van der Waals surface area contributed by atoms with Crippen molar-refractivity contribution in [2.45, 2.75) is 52.5 Å². The van der Waals surface area contributed by atoms with Crippen molar-refractivity contribution in [3.05, 3.63) is 0 Å². The molecule has 3 unspecified atom stereocenters. The minimum atomic E-state index is -7.94. The van der Waals surface area contributed by atoms with Crippen LogP contribution in [0.1, 0.15) is 0 Å². The van der Waals surface area contributed by atoms with E-state index in [9.17, 15) is 65.9 Å². The first kappa shape index (κ1) is 21.2. The molecule has 2 rings (SSSR count). The van der Waals surface area contributed by atoms with Crippen molar-refractivity contribution >= 4 is 0 Å². The molecule has 0 heterocycles. The lowest BCUT2D eigenvalue weighted by Crippen LogP contribution is -3.00. The molecule has 2 bridgehead atoms. The van der Waals surface area contributed by atoms with Gasteiger partial charge in [-0.25, -0.2) is 13.2 Å². The fourth-order valence-electron chi connectivity index (χ4n) is 3.00. The molecule has 26 heavy (non-hydrogen) atoms. The molecule has 0 aromatic heterocycles. The average molecular weight is 424 g/mol. The summed E-state index contributed by atoms with van der Waals surface area (Å²) in [7, 11) is 0. The SMILES string of the molecule is OC12C(F)(F)C(F)(F)C(F)(F)C(F)(C(F)(F)C(F)(CF)C1(F)F)C2(F)F. The second kappa shape index (κ2) is 4.32. The van der Waals surface area contributed by atoms with Gasteiger partial charge in [-0.15, -0.1) is 0 Å². The molecule has 0 radical (unpaired) electrons. The van der Waals surface area contributed by atoms with Crippen LogP contribution in [-0.2, 0) is 0 Å². The van der Waals surface area contributed by atoms with Crippen LogP contribution in [0.4, 0.5) is 65.9 Å². The molecule has 1 nitrogen and oxygen atoms in total. The Kier molecular flexibility index (Phi) is 3.52. The molecule has 0 aliphatic heterocycles. The van der Waals surface area contributed by atoms with Crippen LogP contribution in [0, 0.1) is 0 Å². The molecule has 2 aliphatic rings. The molecule has 0 amide bonds. The Morgan fingerprint density at radius 1 is 0.462 bits per heavy atom. The van der Waals surface area contributed by atoms with Crippen LogP contribution in [-0.4, -0.2) is 64.3 Å². The lowest BCUT2D eigenvalue weighted by atomic mass is 9.51. The van der Waals surface area contributed by atoms with Crippen molar-refractivity contribution in [2.75, 3.05) is 6.67 Å². The molecule has 0 spiro atoms. The first-order valence-corrected chi connectivity index (χ1v) is 5.99. The van der Waals surface area contributed by atoms with Crippen molar-refractivity contribution in [3.63, 3.8) is 0 Å². The highest BCUT2D eigenvalue weighted by Crippen LogP contribution is 2.79. The van der Waals surface area contributed by atoms with Gasteiger partial charge in [0.25, 0.3) is 11.3 Å². The predicted molar refractivity (Wildman–Crippen MR) is 48.3 cm³/mol. The van der Waals surface area contributed by atoms with E-state index < -0.39 is 59.1 Å². The number of rotatable bonds is 1. The largest absolute Gasteiger partial charge is 0.379 e. The Morgan fingerprint density at radius 2 is 0.846 bits per heavy atom. The van der Waals surface area contributed by atoms with Crippen LogP contribution in [0.3, 0.4) is 0 Å². The topological polar surface area (TPSA) is 20.2 Å². The number of fused-ring (bicyclic) bond motifs is 2. The van der Waals surface area contributed by atoms with Crippen LogP contribution in [0.5, 0.6) is 0 Å². The Labute approximate surface area is 131 Å². The van der Waals surface area contributed by atoms with Crippen LogP contribution in [0.2, 0.25) is 0 Å². The zero-order chi connectivity index (χ0) is 21.2. The summed E-state index contributed by atoms with van der Waals surface area (Å²) in [6.07, 6.45) is 0. The van der Waals surface area contributed by atoms with E-state index in [1.54, 1.807) is 0 Å². The number of alkyl halides is 15. The van der Waals surface area contributed by atoms with E-state index in [-0.39, 0.29) is 0 Å². The fraction of sp³-hybridized carbons (Fsp3) is 1.00. The van der Waals surface area contributed by atoms with E-state index in [2.05, 4.69) is 0 Å². The van der Waals surface area contributed by atoms with Crippen molar-refractivity contribution in [3.8, 4) is 0 Å². The molecule has 3 atom stereocenters. The molecular formula is C10H3F15O. The van der Waals surface area contributed by atoms with E-state index in [1.165, 1.54) is 0 Å². The third-order valence-electron chi connectivity index (χ3n) is 4.63. The second-order valence-electron chi connectivity index (χ2n) is 5.75. The Hall–Kier alpha value is -1.09. The van der Waals surface area contributed by atoms with Crippen molar-refractivity contribution in [1.29, 1.82) is 0 Å². The van der Waals surface area contributed by atoms with Gasteiger partial charge in [-0.05, 0) is 0 Å². The summed E-state index contributed by atoms with van der Waals surface area (Å²) in [5.74, 6) is -46.6. The maximum Gasteiger partial charge on any atom is 0.379 e. The molecule has 1 N–H and O–H groups in total. The quantitative estimate of drug-likeness (QED) is 0.633. The minimum Gasteiger partial charge on any atom is -0.373 e. The van der Waals surface area contributed by atoms with Crippen LogP contribution in [0.25, 0.3) is 0 Å². The highest BCUT2D eigenvalue weighted by Gasteiger charge is 3.13. The maximum absolute atomic E-state index is 14.1. The first-order valence-electron chi connectivity index (χ1n) is 5.99. The monoisotopic (exact) mass is 424 g/mol. The second-order valence-corrected chi connectivity index (χ2v) is 5.75.